The van der Waals surface area contributed by atoms with Gasteiger partial charge in [-0.05, 0) is 48.7 Å². The number of rotatable bonds is 9. The summed E-state index contributed by atoms with van der Waals surface area (Å²) in [5, 5.41) is 5.65. The van der Waals surface area contributed by atoms with Crippen molar-refractivity contribution in [3.05, 3.63) is 89.4 Å². The fraction of sp³-hybridized carbons (Fsp3) is 0.217. The van der Waals surface area contributed by atoms with Crippen LogP contribution in [0, 0.1) is 6.92 Å². The Balaban J connectivity index is 1.45. The fourth-order valence-corrected chi connectivity index (χ4v) is 2.73. The molecule has 1 heterocycles. The van der Waals surface area contributed by atoms with E-state index in [-0.39, 0.29) is 17.6 Å². The van der Waals surface area contributed by atoms with E-state index in [9.17, 15) is 9.59 Å². The smallest absolute Gasteiger partial charge is 0.291 e. The Morgan fingerprint density at radius 3 is 2.59 bits per heavy atom. The minimum absolute atomic E-state index is 0.193. The zero-order valence-corrected chi connectivity index (χ0v) is 16.3. The lowest BCUT2D eigenvalue weighted by Gasteiger charge is -2.10. The highest BCUT2D eigenvalue weighted by atomic mass is 16.5. The van der Waals surface area contributed by atoms with Gasteiger partial charge in [-0.3, -0.25) is 9.59 Å². The molecule has 2 amide bonds. The molecule has 0 saturated heterocycles. The topological polar surface area (TPSA) is 80.6 Å². The molecule has 0 bridgehead atoms. The van der Waals surface area contributed by atoms with Crippen LogP contribution >= 0.6 is 0 Å². The fourth-order valence-electron chi connectivity index (χ4n) is 2.73. The first-order valence-corrected chi connectivity index (χ1v) is 9.49. The summed E-state index contributed by atoms with van der Waals surface area (Å²) in [5.74, 6) is -0.331. The van der Waals surface area contributed by atoms with Gasteiger partial charge in [-0.15, -0.1) is 0 Å². The Labute approximate surface area is 169 Å². The SMILES string of the molecule is Cc1ccc(C(=O)NCCCOCc2ccccc2)cc1NC(=O)c1ccco1. The first kappa shape index (κ1) is 20.4. The standard InChI is InChI=1S/C23H24N2O4/c1-17-10-11-19(15-20(17)25-23(27)21-9-5-14-29-21)22(26)24-12-6-13-28-16-18-7-3-2-4-8-18/h2-5,7-11,14-15H,6,12-13,16H2,1H3,(H,24,26)(H,25,27). The summed E-state index contributed by atoms with van der Waals surface area (Å²) in [5.41, 5.74) is 3.04. The largest absolute Gasteiger partial charge is 0.459 e. The Morgan fingerprint density at radius 2 is 1.83 bits per heavy atom. The third-order valence-corrected chi connectivity index (χ3v) is 4.36. The van der Waals surface area contributed by atoms with Crippen LogP contribution in [0.3, 0.4) is 0 Å². The molecule has 29 heavy (non-hydrogen) atoms. The van der Waals surface area contributed by atoms with Crippen LogP contribution in [-0.4, -0.2) is 25.0 Å². The second kappa shape index (κ2) is 10.2. The van der Waals surface area contributed by atoms with Gasteiger partial charge in [0.1, 0.15) is 0 Å². The van der Waals surface area contributed by atoms with Crippen LogP contribution in [0.5, 0.6) is 0 Å². The number of hydrogen-bond acceptors (Lipinski definition) is 4. The summed E-state index contributed by atoms with van der Waals surface area (Å²) in [4.78, 5) is 24.6. The predicted octanol–water partition coefficient (Wildman–Crippen LogP) is 4.18. The summed E-state index contributed by atoms with van der Waals surface area (Å²) in [7, 11) is 0. The summed E-state index contributed by atoms with van der Waals surface area (Å²) in [6, 6.07) is 18.4. The Hall–Kier alpha value is -3.38. The van der Waals surface area contributed by atoms with Crippen molar-refractivity contribution >= 4 is 17.5 Å². The molecule has 150 valence electrons. The molecule has 0 aliphatic heterocycles. The van der Waals surface area contributed by atoms with Crippen LogP contribution in [0.1, 0.15) is 38.5 Å². The molecule has 2 N–H and O–H groups in total. The van der Waals surface area contributed by atoms with Crippen molar-refractivity contribution in [1.82, 2.24) is 5.32 Å². The number of carbonyl (C=O) groups excluding carboxylic acids is 2. The van der Waals surface area contributed by atoms with Crippen molar-refractivity contribution in [2.45, 2.75) is 20.0 Å². The first-order valence-electron chi connectivity index (χ1n) is 9.49. The molecule has 3 rings (SSSR count). The molecule has 0 aliphatic carbocycles. The van der Waals surface area contributed by atoms with Gasteiger partial charge in [-0.2, -0.15) is 0 Å². The average molecular weight is 392 g/mol. The highest BCUT2D eigenvalue weighted by Crippen LogP contribution is 2.18. The maximum Gasteiger partial charge on any atom is 0.291 e. The lowest BCUT2D eigenvalue weighted by atomic mass is 10.1. The minimum Gasteiger partial charge on any atom is -0.459 e. The van der Waals surface area contributed by atoms with Crippen LogP contribution in [0.2, 0.25) is 0 Å². The van der Waals surface area contributed by atoms with Gasteiger partial charge in [0, 0.05) is 24.4 Å². The molecule has 2 aromatic carbocycles. The number of nitrogens with one attached hydrogen (secondary N) is 2. The maximum atomic E-state index is 12.4. The highest BCUT2D eigenvalue weighted by molar-refractivity contribution is 6.03. The predicted molar refractivity (Wildman–Crippen MR) is 111 cm³/mol. The normalized spacial score (nSPS) is 10.5. The lowest BCUT2D eigenvalue weighted by Crippen LogP contribution is -2.25. The number of anilines is 1. The van der Waals surface area contributed by atoms with Crippen LogP contribution in [0.25, 0.3) is 0 Å². The van der Waals surface area contributed by atoms with Gasteiger partial charge >= 0.3 is 0 Å². The number of amides is 2. The van der Waals surface area contributed by atoms with E-state index in [0.717, 1.165) is 11.1 Å². The van der Waals surface area contributed by atoms with Gasteiger partial charge in [0.25, 0.3) is 11.8 Å². The molecule has 1 aromatic heterocycles. The Bertz CT molecular complexity index is 937. The van der Waals surface area contributed by atoms with Gasteiger partial charge in [-0.1, -0.05) is 36.4 Å². The summed E-state index contributed by atoms with van der Waals surface area (Å²) >= 11 is 0. The molecular formula is C23H24N2O4. The molecule has 0 aliphatic rings. The lowest BCUT2D eigenvalue weighted by molar-refractivity contribution is 0.0933. The average Bonchev–Trinajstić information content (AvgIpc) is 3.28. The van der Waals surface area contributed by atoms with E-state index in [2.05, 4.69) is 10.6 Å². The second-order valence-corrected chi connectivity index (χ2v) is 6.61. The minimum atomic E-state index is -0.355. The van der Waals surface area contributed by atoms with E-state index in [4.69, 9.17) is 9.15 Å². The molecule has 0 radical (unpaired) electrons. The van der Waals surface area contributed by atoms with Gasteiger partial charge in [-0.25, -0.2) is 0 Å². The van der Waals surface area contributed by atoms with Gasteiger partial charge < -0.3 is 19.8 Å². The first-order chi connectivity index (χ1) is 14.1. The van der Waals surface area contributed by atoms with E-state index in [0.29, 0.717) is 37.4 Å². The molecule has 0 unspecified atom stereocenters. The number of aryl methyl sites for hydroxylation is 1. The third kappa shape index (κ3) is 6.05. The summed E-state index contributed by atoms with van der Waals surface area (Å²) in [6.07, 6.45) is 2.15. The quantitative estimate of drug-likeness (QED) is 0.536. The molecule has 0 fully saturated rings. The highest BCUT2D eigenvalue weighted by Gasteiger charge is 2.12. The van der Waals surface area contributed by atoms with E-state index >= 15 is 0 Å². The summed E-state index contributed by atoms with van der Waals surface area (Å²) in [6.45, 7) is 3.50. The van der Waals surface area contributed by atoms with Gasteiger partial charge in [0.2, 0.25) is 0 Å². The Morgan fingerprint density at radius 1 is 1.00 bits per heavy atom. The number of benzene rings is 2. The zero-order chi connectivity index (χ0) is 20.5. The van der Waals surface area contributed by atoms with E-state index in [1.807, 2.05) is 37.3 Å². The van der Waals surface area contributed by atoms with E-state index < -0.39 is 0 Å². The molecule has 0 saturated carbocycles. The third-order valence-electron chi connectivity index (χ3n) is 4.36. The number of furan rings is 1. The molecule has 6 heteroatoms. The zero-order valence-electron chi connectivity index (χ0n) is 16.3. The Kier molecular flexibility index (Phi) is 7.19. The molecular weight excluding hydrogens is 368 g/mol. The number of hydrogen-bond donors (Lipinski definition) is 2. The van der Waals surface area contributed by atoms with Crippen LogP contribution < -0.4 is 10.6 Å². The van der Waals surface area contributed by atoms with Gasteiger partial charge in [0.15, 0.2) is 5.76 Å². The van der Waals surface area contributed by atoms with E-state index in [1.54, 1.807) is 30.3 Å². The van der Waals surface area contributed by atoms with Crippen molar-refractivity contribution in [3.63, 3.8) is 0 Å². The van der Waals surface area contributed by atoms with Crippen molar-refractivity contribution in [2.24, 2.45) is 0 Å². The molecule has 3 aromatic rings. The summed E-state index contributed by atoms with van der Waals surface area (Å²) < 4.78 is 10.7. The second-order valence-electron chi connectivity index (χ2n) is 6.61. The maximum absolute atomic E-state index is 12.4. The monoisotopic (exact) mass is 392 g/mol. The van der Waals surface area contributed by atoms with Crippen molar-refractivity contribution in [1.29, 1.82) is 0 Å². The molecule has 0 spiro atoms. The molecule has 6 nitrogen and oxygen atoms in total. The van der Waals surface area contributed by atoms with Crippen molar-refractivity contribution in [3.8, 4) is 0 Å². The van der Waals surface area contributed by atoms with Crippen molar-refractivity contribution in [2.75, 3.05) is 18.5 Å². The van der Waals surface area contributed by atoms with Crippen molar-refractivity contribution < 1.29 is 18.7 Å². The molecule has 0 atom stereocenters. The van der Waals surface area contributed by atoms with Gasteiger partial charge in [0.05, 0.1) is 12.9 Å². The van der Waals surface area contributed by atoms with Crippen LogP contribution in [0.4, 0.5) is 5.69 Å². The number of ether oxygens (including phenoxy) is 1. The van der Waals surface area contributed by atoms with E-state index in [1.165, 1.54) is 6.26 Å². The van der Waals surface area contributed by atoms with Crippen LogP contribution in [0.15, 0.2) is 71.3 Å². The van der Waals surface area contributed by atoms with Crippen LogP contribution in [-0.2, 0) is 11.3 Å². The number of carbonyl (C=O) groups is 2.